The van der Waals surface area contributed by atoms with Crippen LogP contribution in [0, 0.1) is 0 Å². The first-order valence-electron chi connectivity index (χ1n) is 11.7. The molecule has 0 amide bonds. The van der Waals surface area contributed by atoms with Gasteiger partial charge in [-0.05, 0) is 99.7 Å². The molecule has 0 atom stereocenters. The molecule has 182 valence electrons. The van der Waals surface area contributed by atoms with Crippen LogP contribution in [-0.4, -0.2) is 36.4 Å². The van der Waals surface area contributed by atoms with Gasteiger partial charge in [-0.25, -0.2) is 4.98 Å². The van der Waals surface area contributed by atoms with Gasteiger partial charge in [0, 0.05) is 29.1 Å². The van der Waals surface area contributed by atoms with E-state index in [9.17, 15) is 0 Å². The van der Waals surface area contributed by atoms with Crippen LogP contribution in [0.15, 0.2) is 79.0 Å². The quantitative estimate of drug-likeness (QED) is 0.229. The zero-order valence-electron chi connectivity index (χ0n) is 20.0. The highest BCUT2D eigenvalue weighted by molar-refractivity contribution is 6.30. The lowest BCUT2D eigenvalue weighted by Gasteiger charge is -2.10. The van der Waals surface area contributed by atoms with Crippen LogP contribution in [0.2, 0.25) is 5.02 Å². The highest BCUT2D eigenvalue weighted by atomic mass is 35.5. The zero-order chi connectivity index (χ0) is 24.5. The van der Waals surface area contributed by atoms with Gasteiger partial charge in [-0.3, -0.25) is 0 Å². The number of halogens is 1. The van der Waals surface area contributed by atoms with Crippen molar-refractivity contribution >= 4 is 11.6 Å². The summed E-state index contributed by atoms with van der Waals surface area (Å²) in [5.41, 5.74) is 2.88. The topological polar surface area (TPSA) is 57.5 Å². The van der Waals surface area contributed by atoms with E-state index in [0.717, 1.165) is 53.0 Å². The van der Waals surface area contributed by atoms with E-state index in [-0.39, 0.29) is 0 Å². The average molecular weight is 492 g/mol. The Hall–Kier alpha value is -3.32. The Kier molecular flexibility index (Phi) is 8.79. The number of nitrogens with zero attached hydrogens (tertiary/aromatic N) is 2. The van der Waals surface area contributed by atoms with Crippen molar-refractivity contribution in [2.45, 2.75) is 20.0 Å². The molecule has 0 bridgehead atoms. The first-order chi connectivity index (χ1) is 17.2. The van der Waals surface area contributed by atoms with E-state index < -0.39 is 0 Å². The first kappa shape index (κ1) is 24.8. The second-order valence-corrected chi connectivity index (χ2v) is 8.37. The molecule has 0 fully saturated rings. The Labute approximate surface area is 211 Å². The summed E-state index contributed by atoms with van der Waals surface area (Å²) in [6.45, 7) is 4.64. The molecule has 3 aromatic carbocycles. The fourth-order valence-electron chi connectivity index (χ4n) is 3.55. The van der Waals surface area contributed by atoms with Crippen LogP contribution in [0.1, 0.15) is 19.2 Å². The van der Waals surface area contributed by atoms with Gasteiger partial charge >= 0.3 is 0 Å². The predicted octanol–water partition coefficient (Wildman–Crippen LogP) is 6.51. The van der Waals surface area contributed by atoms with Crippen LogP contribution >= 0.6 is 11.6 Å². The normalized spacial score (nSPS) is 10.9. The minimum atomic E-state index is 0.423. The van der Waals surface area contributed by atoms with Crippen LogP contribution in [0.4, 0.5) is 0 Å². The third kappa shape index (κ3) is 6.85. The monoisotopic (exact) mass is 491 g/mol. The van der Waals surface area contributed by atoms with Crippen LogP contribution in [0.3, 0.4) is 0 Å². The summed E-state index contributed by atoms with van der Waals surface area (Å²) in [6.07, 6.45) is 3.00. The van der Waals surface area contributed by atoms with Gasteiger partial charge in [0.15, 0.2) is 0 Å². The van der Waals surface area contributed by atoms with Crippen molar-refractivity contribution in [1.29, 1.82) is 0 Å². The van der Waals surface area contributed by atoms with E-state index in [2.05, 4.69) is 9.88 Å². The SMILES string of the molecule is CCOCc1nc(-c2ccc(OCCCNC)cc2)cn1-c1ccc(Oc2ccc(Cl)cc2)cc1. The number of rotatable bonds is 12. The molecule has 0 aliphatic rings. The first-order valence-corrected chi connectivity index (χ1v) is 12.1. The Morgan fingerprint density at radius 2 is 1.54 bits per heavy atom. The van der Waals surface area contributed by atoms with Crippen molar-refractivity contribution in [2.75, 3.05) is 26.8 Å². The molecule has 0 aliphatic carbocycles. The largest absolute Gasteiger partial charge is 0.494 e. The van der Waals surface area contributed by atoms with Crippen molar-refractivity contribution in [2.24, 2.45) is 0 Å². The third-order valence-corrected chi connectivity index (χ3v) is 5.62. The lowest BCUT2D eigenvalue weighted by Crippen LogP contribution is -2.11. The molecule has 6 nitrogen and oxygen atoms in total. The Morgan fingerprint density at radius 1 is 0.886 bits per heavy atom. The van der Waals surface area contributed by atoms with Gasteiger partial charge in [0.25, 0.3) is 0 Å². The molecular formula is C28H30ClN3O3. The summed E-state index contributed by atoms with van der Waals surface area (Å²) in [7, 11) is 1.94. The molecule has 0 aliphatic heterocycles. The van der Waals surface area contributed by atoms with E-state index in [1.54, 1.807) is 12.1 Å². The van der Waals surface area contributed by atoms with Crippen LogP contribution in [0.5, 0.6) is 17.2 Å². The number of aromatic nitrogens is 2. The minimum absolute atomic E-state index is 0.423. The number of nitrogens with one attached hydrogen (secondary N) is 1. The maximum absolute atomic E-state index is 5.96. The lowest BCUT2D eigenvalue weighted by molar-refractivity contribution is 0.127. The maximum atomic E-state index is 5.96. The summed E-state index contributed by atoms with van der Waals surface area (Å²) in [5, 5.41) is 3.80. The van der Waals surface area contributed by atoms with Gasteiger partial charge in [-0.2, -0.15) is 0 Å². The minimum Gasteiger partial charge on any atom is -0.494 e. The number of hydrogen-bond donors (Lipinski definition) is 1. The lowest BCUT2D eigenvalue weighted by atomic mass is 10.1. The molecule has 4 rings (SSSR count). The van der Waals surface area contributed by atoms with E-state index in [1.165, 1.54) is 0 Å². The smallest absolute Gasteiger partial charge is 0.140 e. The molecule has 35 heavy (non-hydrogen) atoms. The number of hydrogen-bond acceptors (Lipinski definition) is 5. The van der Waals surface area contributed by atoms with Gasteiger partial charge < -0.3 is 24.1 Å². The second-order valence-electron chi connectivity index (χ2n) is 7.93. The van der Waals surface area contributed by atoms with Crippen molar-refractivity contribution in [3.05, 3.63) is 89.8 Å². The van der Waals surface area contributed by atoms with E-state index in [4.69, 9.17) is 30.8 Å². The molecule has 1 heterocycles. The summed E-state index contributed by atoms with van der Waals surface area (Å²) < 4.78 is 19.5. The maximum Gasteiger partial charge on any atom is 0.140 e. The Bertz CT molecular complexity index is 1190. The third-order valence-electron chi connectivity index (χ3n) is 5.37. The summed E-state index contributed by atoms with van der Waals surface area (Å²) in [6, 6.07) is 23.2. The molecular weight excluding hydrogens is 462 g/mol. The van der Waals surface area contributed by atoms with Crippen molar-refractivity contribution < 1.29 is 14.2 Å². The summed E-state index contributed by atoms with van der Waals surface area (Å²) >= 11 is 5.96. The van der Waals surface area contributed by atoms with Gasteiger partial charge in [-0.1, -0.05) is 11.6 Å². The average Bonchev–Trinajstić information content (AvgIpc) is 3.32. The molecule has 1 N–H and O–H groups in total. The number of ether oxygens (including phenoxy) is 3. The number of benzene rings is 3. The van der Waals surface area contributed by atoms with Gasteiger partial charge in [-0.15, -0.1) is 0 Å². The standard InChI is InChI=1S/C28H30ClN3O3/c1-3-33-20-28-31-27(21-5-11-24(12-6-21)34-18-4-17-30-2)19-32(28)23-9-15-26(16-10-23)35-25-13-7-22(29)8-14-25/h5-16,19,30H,3-4,17-18,20H2,1-2H3. The molecule has 1 aromatic heterocycles. The van der Waals surface area contributed by atoms with Gasteiger partial charge in [0.1, 0.15) is 29.7 Å². The molecule has 7 heteroatoms. The fraction of sp³-hybridized carbons (Fsp3) is 0.250. The highest BCUT2D eigenvalue weighted by Gasteiger charge is 2.12. The van der Waals surface area contributed by atoms with E-state index in [1.807, 2.05) is 80.8 Å². The van der Waals surface area contributed by atoms with Crippen LogP contribution < -0.4 is 14.8 Å². The molecule has 0 radical (unpaired) electrons. The fourth-order valence-corrected chi connectivity index (χ4v) is 3.68. The molecule has 0 unspecified atom stereocenters. The zero-order valence-corrected chi connectivity index (χ0v) is 20.8. The van der Waals surface area contributed by atoms with Gasteiger partial charge in [0.2, 0.25) is 0 Å². The van der Waals surface area contributed by atoms with Crippen molar-refractivity contribution in [3.63, 3.8) is 0 Å². The number of imidazole rings is 1. The van der Waals surface area contributed by atoms with Crippen molar-refractivity contribution in [1.82, 2.24) is 14.9 Å². The van der Waals surface area contributed by atoms with E-state index in [0.29, 0.717) is 24.8 Å². The predicted molar refractivity (Wildman–Crippen MR) is 140 cm³/mol. The Balaban J connectivity index is 1.51. The van der Waals surface area contributed by atoms with Gasteiger partial charge in [0.05, 0.1) is 12.3 Å². The molecule has 0 saturated carbocycles. The molecule has 0 spiro atoms. The highest BCUT2D eigenvalue weighted by Crippen LogP contribution is 2.27. The Morgan fingerprint density at radius 3 is 2.20 bits per heavy atom. The molecule has 4 aromatic rings. The van der Waals surface area contributed by atoms with Crippen LogP contribution in [-0.2, 0) is 11.3 Å². The summed E-state index contributed by atoms with van der Waals surface area (Å²) in [4.78, 5) is 4.85. The van der Waals surface area contributed by atoms with E-state index >= 15 is 0 Å². The summed E-state index contributed by atoms with van der Waals surface area (Å²) in [5.74, 6) is 3.17. The molecule has 0 saturated heterocycles. The van der Waals surface area contributed by atoms with Crippen molar-refractivity contribution in [3.8, 4) is 34.2 Å². The second kappa shape index (κ2) is 12.4. The van der Waals surface area contributed by atoms with Crippen LogP contribution in [0.25, 0.3) is 16.9 Å².